The molecule has 0 spiro atoms. The molecule has 1 aromatic heterocycles. The number of aryl methyl sites for hydroxylation is 1. The van der Waals surface area contributed by atoms with Crippen molar-refractivity contribution in [1.29, 1.82) is 0 Å². The molecule has 0 aliphatic carbocycles. The molecule has 0 aliphatic rings. The van der Waals surface area contributed by atoms with Gasteiger partial charge in [0.1, 0.15) is 17.3 Å². The number of benzene rings is 1. The van der Waals surface area contributed by atoms with Crippen molar-refractivity contribution in [2.75, 3.05) is 5.73 Å². The number of hydrogen-bond acceptors (Lipinski definition) is 2. The van der Waals surface area contributed by atoms with Crippen LogP contribution in [0.15, 0.2) is 24.3 Å². The second-order valence-electron chi connectivity index (χ2n) is 5.56. The van der Waals surface area contributed by atoms with E-state index < -0.39 is 0 Å². The molecule has 2 N–H and O–H groups in total. The van der Waals surface area contributed by atoms with Crippen LogP contribution in [-0.2, 0) is 13.0 Å². The Morgan fingerprint density at radius 2 is 1.80 bits per heavy atom. The number of imidazole rings is 1. The molecule has 1 heterocycles. The second kappa shape index (κ2) is 6.12. The van der Waals surface area contributed by atoms with Crippen LogP contribution in [0.25, 0.3) is 11.3 Å². The van der Waals surface area contributed by atoms with Crippen molar-refractivity contribution in [1.82, 2.24) is 9.55 Å². The minimum Gasteiger partial charge on any atom is -0.383 e. The number of nitrogens with two attached hydrogens (primary N) is 1. The number of nitrogens with zero attached hydrogens (tertiary/aromatic N) is 2. The molecule has 108 valence electrons. The van der Waals surface area contributed by atoms with Crippen molar-refractivity contribution in [2.45, 2.75) is 53.0 Å². The van der Waals surface area contributed by atoms with Gasteiger partial charge in [0.25, 0.3) is 0 Å². The van der Waals surface area contributed by atoms with Crippen molar-refractivity contribution in [3.8, 4) is 11.3 Å². The molecule has 3 nitrogen and oxygen atoms in total. The van der Waals surface area contributed by atoms with Crippen molar-refractivity contribution < 1.29 is 0 Å². The van der Waals surface area contributed by atoms with Gasteiger partial charge in [-0.15, -0.1) is 0 Å². The standard InChI is InChI=1S/C17H25N3/c1-5-11-20-16(18)15(19-17(20)12(3)4)14-9-7-13(6-2)8-10-14/h7-10,12H,5-6,11,18H2,1-4H3. The fourth-order valence-electron chi connectivity index (χ4n) is 2.49. The van der Waals surface area contributed by atoms with Crippen LogP contribution in [0.5, 0.6) is 0 Å². The van der Waals surface area contributed by atoms with Gasteiger partial charge in [0, 0.05) is 18.0 Å². The zero-order chi connectivity index (χ0) is 14.7. The van der Waals surface area contributed by atoms with E-state index in [0.29, 0.717) is 5.92 Å². The zero-order valence-electron chi connectivity index (χ0n) is 13.0. The maximum Gasteiger partial charge on any atom is 0.131 e. The highest BCUT2D eigenvalue weighted by molar-refractivity contribution is 5.71. The molecule has 0 fully saturated rings. The SMILES string of the molecule is CCCn1c(C(C)C)nc(-c2ccc(CC)cc2)c1N. The molecule has 0 atom stereocenters. The van der Waals surface area contributed by atoms with E-state index in [2.05, 4.69) is 56.5 Å². The van der Waals surface area contributed by atoms with Gasteiger partial charge >= 0.3 is 0 Å². The molecular formula is C17H25N3. The molecule has 20 heavy (non-hydrogen) atoms. The Labute approximate surface area is 121 Å². The highest BCUT2D eigenvalue weighted by Gasteiger charge is 2.17. The molecule has 1 aromatic carbocycles. The average Bonchev–Trinajstić information content (AvgIpc) is 2.77. The van der Waals surface area contributed by atoms with Gasteiger partial charge in [0.15, 0.2) is 0 Å². The third kappa shape index (κ3) is 2.72. The summed E-state index contributed by atoms with van der Waals surface area (Å²) in [6.45, 7) is 9.59. The number of rotatable bonds is 5. The molecule has 0 saturated heterocycles. The summed E-state index contributed by atoms with van der Waals surface area (Å²) in [7, 11) is 0. The van der Waals surface area contributed by atoms with Crippen molar-refractivity contribution in [3.63, 3.8) is 0 Å². The lowest BCUT2D eigenvalue weighted by Crippen LogP contribution is -2.08. The minimum atomic E-state index is 0.382. The predicted octanol–water partition coefficient (Wildman–Crippen LogP) is 4.23. The van der Waals surface area contributed by atoms with E-state index in [1.54, 1.807) is 0 Å². The summed E-state index contributed by atoms with van der Waals surface area (Å²) in [4.78, 5) is 4.79. The van der Waals surface area contributed by atoms with E-state index in [1.807, 2.05) is 0 Å². The molecule has 3 heteroatoms. The lowest BCUT2D eigenvalue weighted by molar-refractivity contribution is 0.616. The van der Waals surface area contributed by atoms with Gasteiger partial charge in [0.2, 0.25) is 0 Å². The van der Waals surface area contributed by atoms with Gasteiger partial charge in [-0.1, -0.05) is 52.0 Å². The van der Waals surface area contributed by atoms with Crippen LogP contribution < -0.4 is 5.73 Å². The van der Waals surface area contributed by atoms with Crippen molar-refractivity contribution in [2.24, 2.45) is 0 Å². The van der Waals surface area contributed by atoms with E-state index in [0.717, 1.165) is 42.3 Å². The van der Waals surface area contributed by atoms with Gasteiger partial charge in [-0.25, -0.2) is 4.98 Å². The monoisotopic (exact) mass is 271 g/mol. The van der Waals surface area contributed by atoms with Crippen LogP contribution in [0, 0.1) is 0 Å². The summed E-state index contributed by atoms with van der Waals surface area (Å²) in [6.07, 6.45) is 2.12. The number of nitrogen functional groups attached to an aromatic ring is 1. The van der Waals surface area contributed by atoms with Crippen molar-refractivity contribution >= 4 is 5.82 Å². The van der Waals surface area contributed by atoms with Crippen LogP contribution in [0.4, 0.5) is 5.82 Å². The van der Waals surface area contributed by atoms with Crippen molar-refractivity contribution in [3.05, 3.63) is 35.7 Å². The van der Waals surface area contributed by atoms with E-state index in [4.69, 9.17) is 10.7 Å². The Morgan fingerprint density at radius 1 is 1.15 bits per heavy atom. The first-order valence-electron chi connectivity index (χ1n) is 7.53. The van der Waals surface area contributed by atoms with Crippen LogP contribution in [0.3, 0.4) is 0 Å². The van der Waals surface area contributed by atoms with Gasteiger partial charge < -0.3 is 10.3 Å². The van der Waals surface area contributed by atoms with E-state index >= 15 is 0 Å². The fraction of sp³-hybridized carbons (Fsp3) is 0.471. The largest absolute Gasteiger partial charge is 0.383 e. The third-order valence-electron chi connectivity index (χ3n) is 3.64. The molecule has 0 bridgehead atoms. The maximum atomic E-state index is 6.33. The Morgan fingerprint density at radius 3 is 2.30 bits per heavy atom. The average molecular weight is 271 g/mol. The molecule has 0 amide bonds. The number of aromatic nitrogens is 2. The quantitative estimate of drug-likeness (QED) is 0.884. The van der Waals surface area contributed by atoms with Gasteiger partial charge in [-0.3, -0.25) is 0 Å². The molecule has 2 rings (SSSR count). The van der Waals surface area contributed by atoms with Crippen LogP contribution >= 0.6 is 0 Å². The maximum absolute atomic E-state index is 6.33. The number of anilines is 1. The Kier molecular flexibility index (Phi) is 4.48. The molecule has 0 saturated carbocycles. The Hall–Kier alpha value is -1.77. The summed E-state index contributed by atoms with van der Waals surface area (Å²) < 4.78 is 2.16. The summed E-state index contributed by atoms with van der Waals surface area (Å²) in [6, 6.07) is 8.56. The molecule has 0 radical (unpaired) electrons. The Balaban J connectivity index is 2.47. The van der Waals surface area contributed by atoms with Crippen LogP contribution in [0.2, 0.25) is 0 Å². The van der Waals surface area contributed by atoms with E-state index in [1.165, 1.54) is 5.56 Å². The van der Waals surface area contributed by atoms with Crippen LogP contribution in [0.1, 0.15) is 51.4 Å². The first kappa shape index (κ1) is 14.6. The van der Waals surface area contributed by atoms with Gasteiger partial charge in [-0.2, -0.15) is 0 Å². The first-order chi connectivity index (χ1) is 9.58. The van der Waals surface area contributed by atoms with Crippen LogP contribution in [-0.4, -0.2) is 9.55 Å². The molecule has 0 unspecified atom stereocenters. The zero-order valence-corrected chi connectivity index (χ0v) is 13.0. The topological polar surface area (TPSA) is 43.8 Å². The smallest absolute Gasteiger partial charge is 0.131 e. The lowest BCUT2D eigenvalue weighted by Gasteiger charge is -2.10. The predicted molar refractivity (Wildman–Crippen MR) is 85.8 cm³/mol. The highest BCUT2D eigenvalue weighted by Crippen LogP contribution is 2.29. The molecule has 0 aliphatic heterocycles. The second-order valence-corrected chi connectivity index (χ2v) is 5.56. The minimum absolute atomic E-state index is 0.382. The van der Waals surface area contributed by atoms with Gasteiger partial charge in [-0.05, 0) is 18.4 Å². The summed E-state index contributed by atoms with van der Waals surface area (Å²) in [5.74, 6) is 2.26. The normalized spacial score (nSPS) is 11.2. The molecule has 2 aromatic rings. The Bertz CT molecular complexity index is 565. The van der Waals surface area contributed by atoms with E-state index in [-0.39, 0.29) is 0 Å². The molecular weight excluding hydrogens is 246 g/mol. The summed E-state index contributed by atoms with van der Waals surface area (Å²) in [5.41, 5.74) is 9.70. The third-order valence-corrected chi connectivity index (χ3v) is 3.64. The number of hydrogen-bond donors (Lipinski definition) is 1. The first-order valence-corrected chi connectivity index (χ1v) is 7.53. The summed E-state index contributed by atoms with van der Waals surface area (Å²) >= 11 is 0. The highest BCUT2D eigenvalue weighted by atomic mass is 15.1. The summed E-state index contributed by atoms with van der Waals surface area (Å²) in [5, 5.41) is 0. The lowest BCUT2D eigenvalue weighted by atomic mass is 10.1. The van der Waals surface area contributed by atoms with E-state index in [9.17, 15) is 0 Å². The fourth-order valence-corrected chi connectivity index (χ4v) is 2.49. The van der Waals surface area contributed by atoms with Gasteiger partial charge in [0.05, 0.1) is 0 Å².